The molecule has 0 aliphatic carbocycles. The Morgan fingerprint density at radius 2 is 1.58 bits per heavy atom. The van der Waals surface area contributed by atoms with Crippen molar-refractivity contribution in [3.05, 3.63) is 17.7 Å². The highest BCUT2D eigenvalue weighted by Crippen LogP contribution is 2.38. The Morgan fingerprint density at radius 3 is 2.12 bits per heavy atom. The van der Waals surface area contributed by atoms with E-state index in [9.17, 15) is 0 Å². The number of rotatable bonds is 9. The zero-order valence-electron chi connectivity index (χ0n) is 20.5. The lowest BCUT2D eigenvalue weighted by atomic mass is 10.1. The molecule has 3 rings (SSSR count). The van der Waals surface area contributed by atoms with E-state index in [0.717, 1.165) is 90.2 Å². The summed E-state index contributed by atoms with van der Waals surface area (Å²) in [5.41, 5.74) is 1.15. The highest BCUT2D eigenvalue weighted by molar-refractivity contribution is 14.0. The molecule has 0 radical (unpaired) electrons. The molecule has 2 aliphatic heterocycles. The van der Waals surface area contributed by atoms with Crippen molar-refractivity contribution in [1.82, 2.24) is 20.0 Å². The minimum Gasteiger partial charge on any atom is -0.493 e. The molecule has 10 heteroatoms. The summed E-state index contributed by atoms with van der Waals surface area (Å²) in [6, 6.07) is 4.07. The molecule has 0 amide bonds. The predicted octanol–water partition coefficient (Wildman–Crippen LogP) is 1.75. The van der Waals surface area contributed by atoms with Crippen LogP contribution in [0.2, 0.25) is 0 Å². The molecule has 0 unspecified atom stereocenters. The van der Waals surface area contributed by atoms with Crippen LogP contribution in [0.25, 0.3) is 0 Å². The average molecular weight is 578 g/mol. The molecule has 1 N–H and O–H groups in total. The topological polar surface area (TPSA) is 71.0 Å². The van der Waals surface area contributed by atoms with Gasteiger partial charge in [0.15, 0.2) is 17.5 Å². The van der Waals surface area contributed by atoms with Crippen LogP contribution in [0.15, 0.2) is 17.1 Å². The number of nitrogens with one attached hydrogen (secondary N) is 1. The number of benzene rings is 1. The SMILES string of the molecule is CCNC(=NCCN1CCOCC1)N1CCN(Cc2cc(OC)c(OC)c(OC)c2)CC1.I. The van der Waals surface area contributed by atoms with Crippen molar-refractivity contribution in [3.8, 4) is 17.2 Å². The van der Waals surface area contributed by atoms with Crippen molar-refractivity contribution in [1.29, 1.82) is 0 Å². The Hall–Kier alpha value is -1.50. The van der Waals surface area contributed by atoms with Crippen molar-refractivity contribution in [3.63, 3.8) is 0 Å². The van der Waals surface area contributed by atoms with E-state index in [-0.39, 0.29) is 24.0 Å². The monoisotopic (exact) mass is 577 g/mol. The normalized spacial score (nSPS) is 17.9. The van der Waals surface area contributed by atoms with Gasteiger partial charge >= 0.3 is 0 Å². The van der Waals surface area contributed by atoms with Crippen LogP contribution in [0.3, 0.4) is 0 Å². The Kier molecular flexibility index (Phi) is 12.4. The van der Waals surface area contributed by atoms with E-state index < -0.39 is 0 Å². The zero-order chi connectivity index (χ0) is 22.8. The van der Waals surface area contributed by atoms with Crippen molar-refractivity contribution in [2.24, 2.45) is 4.99 Å². The third kappa shape index (κ3) is 8.04. The average Bonchev–Trinajstić information content (AvgIpc) is 2.84. The Morgan fingerprint density at radius 1 is 0.939 bits per heavy atom. The Balaban J connectivity index is 0.00000385. The van der Waals surface area contributed by atoms with E-state index in [4.69, 9.17) is 23.9 Å². The summed E-state index contributed by atoms with van der Waals surface area (Å²) in [4.78, 5) is 12.1. The second-order valence-electron chi connectivity index (χ2n) is 7.99. The quantitative estimate of drug-likeness (QED) is 0.271. The lowest BCUT2D eigenvalue weighted by Crippen LogP contribution is -2.52. The second kappa shape index (κ2) is 14.7. The van der Waals surface area contributed by atoms with Crippen LogP contribution >= 0.6 is 24.0 Å². The van der Waals surface area contributed by atoms with Gasteiger partial charge in [-0.05, 0) is 24.6 Å². The van der Waals surface area contributed by atoms with Crippen LogP contribution in [-0.4, -0.2) is 114 Å². The molecule has 0 atom stereocenters. The van der Waals surface area contributed by atoms with Crippen LogP contribution in [0, 0.1) is 0 Å². The number of nitrogens with zero attached hydrogens (tertiary/aromatic N) is 4. The summed E-state index contributed by atoms with van der Waals surface area (Å²) in [6.45, 7) is 13.2. The first-order valence-electron chi connectivity index (χ1n) is 11.5. The van der Waals surface area contributed by atoms with Gasteiger partial charge in [0.2, 0.25) is 5.75 Å². The van der Waals surface area contributed by atoms with E-state index >= 15 is 0 Å². The Bertz CT molecular complexity index is 713. The molecule has 2 fully saturated rings. The molecular formula is C23H40IN5O4. The van der Waals surface area contributed by atoms with Gasteiger partial charge in [-0.3, -0.25) is 14.8 Å². The summed E-state index contributed by atoms with van der Waals surface area (Å²) in [5, 5.41) is 3.46. The predicted molar refractivity (Wildman–Crippen MR) is 142 cm³/mol. The first-order chi connectivity index (χ1) is 15.7. The lowest BCUT2D eigenvalue weighted by molar-refractivity contribution is 0.0394. The molecular weight excluding hydrogens is 537 g/mol. The first kappa shape index (κ1) is 27.7. The third-order valence-corrected chi connectivity index (χ3v) is 5.92. The summed E-state index contributed by atoms with van der Waals surface area (Å²) < 4.78 is 21.9. The number of aliphatic imine (C=N–C) groups is 1. The van der Waals surface area contributed by atoms with Gasteiger partial charge in [-0.25, -0.2) is 0 Å². The fourth-order valence-corrected chi connectivity index (χ4v) is 4.15. The number of ether oxygens (including phenoxy) is 4. The van der Waals surface area contributed by atoms with Crippen LogP contribution < -0.4 is 19.5 Å². The van der Waals surface area contributed by atoms with Gasteiger partial charge in [0.05, 0.1) is 41.1 Å². The molecule has 0 bridgehead atoms. The zero-order valence-corrected chi connectivity index (χ0v) is 22.8. The maximum absolute atomic E-state index is 5.50. The summed E-state index contributed by atoms with van der Waals surface area (Å²) in [5.74, 6) is 3.05. The van der Waals surface area contributed by atoms with E-state index in [1.165, 1.54) is 0 Å². The molecule has 9 nitrogen and oxygen atoms in total. The van der Waals surface area contributed by atoms with Gasteiger partial charge in [0.25, 0.3) is 0 Å². The van der Waals surface area contributed by atoms with Crippen molar-refractivity contribution in [2.45, 2.75) is 13.5 Å². The minimum atomic E-state index is 0. The summed E-state index contributed by atoms with van der Waals surface area (Å²) >= 11 is 0. The molecule has 33 heavy (non-hydrogen) atoms. The molecule has 2 heterocycles. The molecule has 0 aromatic heterocycles. The second-order valence-corrected chi connectivity index (χ2v) is 7.99. The van der Waals surface area contributed by atoms with Crippen LogP contribution in [0.5, 0.6) is 17.2 Å². The number of methoxy groups -OCH3 is 3. The van der Waals surface area contributed by atoms with Gasteiger partial charge in [-0.1, -0.05) is 0 Å². The molecule has 0 spiro atoms. The van der Waals surface area contributed by atoms with Crippen LogP contribution in [0.4, 0.5) is 0 Å². The molecule has 188 valence electrons. The van der Waals surface area contributed by atoms with Gasteiger partial charge < -0.3 is 29.2 Å². The van der Waals surface area contributed by atoms with Gasteiger partial charge in [0, 0.05) is 58.9 Å². The first-order valence-corrected chi connectivity index (χ1v) is 11.5. The number of hydrogen-bond acceptors (Lipinski definition) is 7. The smallest absolute Gasteiger partial charge is 0.203 e. The fraction of sp³-hybridized carbons (Fsp3) is 0.696. The van der Waals surface area contributed by atoms with Crippen LogP contribution in [-0.2, 0) is 11.3 Å². The molecule has 2 saturated heterocycles. The molecule has 2 aliphatic rings. The van der Waals surface area contributed by atoms with Gasteiger partial charge in [-0.15, -0.1) is 24.0 Å². The number of piperazine rings is 1. The molecule has 1 aromatic rings. The van der Waals surface area contributed by atoms with Crippen LogP contribution in [0.1, 0.15) is 12.5 Å². The fourth-order valence-electron chi connectivity index (χ4n) is 4.15. The number of halogens is 1. The molecule has 0 saturated carbocycles. The highest BCUT2D eigenvalue weighted by atomic mass is 127. The van der Waals surface area contributed by atoms with Crippen molar-refractivity contribution in [2.75, 3.05) is 93.4 Å². The molecule has 1 aromatic carbocycles. The number of guanidine groups is 1. The standard InChI is InChI=1S/C23H39N5O4.HI/c1-5-24-23(25-6-7-26-12-14-32-15-13-26)28-10-8-27(9-11-28)18-19-16-20(29-2)22(31-4)21(17-19)30-3;/h16-17H,5-15,18H2,1-4H3,(H,24,25);1H. The van der Waals surface area contributed by atoms with Crippen molar-refractivity contribution < 1.29 is 18.9 Å². The largest absolute Gasteiger partial charge is 0.493 e. The lowest BCUT2D eigenvalue weighted by Gasteiger charge is -2.36. The van der Waals surface area contributed by atoms with E-state index in [1.54, 1.807) is 21.3 Å². The van der Waals surface area contributed by atoms with Gasteiger partial charge in [0.1, 0.15) is 0 Å². The van der Waals surface area contributed by atoms with Gasteiger partial charge in [-0.2, -0.15) is 0 Å². The minimum absolute atomic E-state index is 0. The summed E-state index contributed by atoms with van der Waals surface area (Å²) in [7, 11) is 4.94. The number of morpholine rings is 1. The van der Waals surface area contributed by atoms with Crippen molar-refractivity contribution >= 4 is 29.9 Å². The number of hydrogen-bond donors (Lipinski definition) is 1. The third-order valence-electron chi connectivity index (χ3n) is 5.92. The highest BCUT2D eigenvalue weighted by Gasteiger charge is 2.21. The van der Waals surface area contributed by atoms with E-state index in [1.807, 2.05) is 12.1 Å². The maximum Gasteiger partial charge on any atom is 0.203 e. The van der Waals surface area contributed by atoms with E-state index in [2.05, 4.69) is 26.9 Å². The van der Waals surface area contributed by atoms with E-state index in [0.29, 0.717) is 17.2 Å². The maximum atomic E-state index is 5.50. The summed E-state index contributed by atoms with van der Waals surface area (Å²) in [6.07, 6.45) is 0. The Labute approximate surface area is 215 Å².